The van der Waals surface area contributed by atoms with Gasteiger partial charge < -0.3 is 19.5 Å². The summed E-state index contributed by atoms with van der Waals surface area (Å²) in [7, 11) is 0. The number of carbonyl (C=O) groups excluding carboxylic acids is 4. The van der Waals surface area contributed by atoms with Gasteiger partial charge in [0, 0.05) is 17.2 Å². The van der Waals surface area contributed by atoms with Crippen LogP contribution in [-0.4, -0.2) is 49.1 Å². The Labute approximate surface area is 210 Å². The van der Waals surface area contributed by atoms with Crippen LogP contribution in [0.2, 0.25) is 0 Å². The van der Waals surface area contributed by atoms with Gasteiger partial charge in [-0.3, -0.25) is 14.9 Å². The summed E-state index contributed by atoms with van der Waals surface area (Å²) in [6.45, 7) is 5.86. The van der Waals surface area contributed by atoms with E-state index in [4.69, 9.17) is 14.2 Å². The van der Waals surface area contributed by atoms with Crippen LogP contribution in [-0.2, 0) is 9.53 Å². The van der Waals surface area contributed by atoms with Crippen molar-refractivity contribution in [2.24, 2.45) is 0 Å². The second-order valence-corrected chi connectivity index (χ2v) is 8.39. The van der Waals surface area contributed by atoms with Crippen molar-refractivity contribution in [3.63, 3.8) is 0 Å². The van der Waals surface area contributed by atoms with E-state index in [1.54, 1.807) is 30.3 Å². The van der Waals surface area contributed by atoms with Gasteiger partial charge in [0.25, 0.3) is 5.91 Å². The standard InChI is InChI=1S/C27H32N2O7/c1-4-34-22-15-14-18(16-23(22)35-5-2)24(30)20-12-8-9-13-21(20)26(32)36-17(3)25(31)29-27(33)28-19-10-6-7-11-19/h8-9,12-17,19H,4-7,10-11H2,1-3H3,(H2,28,29,31,33). The summed E-state index contributed by atoms with van der Waals surface area (Å²) >= 11 is 0. The minimum absolute atomic E-state index is 0.00408. The number of hydrogen-bond donors (Lipinski definition) is 2. The molecule has 2 N–H and O–H groups in total. The third-order valence-electron chi connectivity index (χ3n) is 5.78. The highest BCUT2D eigenvalue weighted by atomic mass is 16.5. The molecule has 0 radical (unpaired) electrons. The Morgan fingerprint density at radius 3 is 2.22 bits per heavy atom. The van der Waals surface area contributed by atoms with Crippen molar-refractivity contribution < 1.29 is 33.4 Å². The van der Waals surface area contributed by atoms with E-state index >= 15 is 0 Å². The summed E-state index contributed by atoms with van der Waals surface area (Å²) in [5.41, 5.74) is 0.418. The lowest BCUT2D eigenvalue weighted by atomic mass is 9.98. The molecule has 0 heterocycles. The van der Waals surface area contributed by atoms with E-state index in [2.05, 4.69) is 10.6 Å². The van der Waals surface area contributed by atoms with Crippen molar-refractivity contribution in [2.75, 3.05) is 13.2 Å². The number of ketones is 1. The molecule has 1 unspecified atom stereocenters. The molecule has 1 fully saturated rings. The van der Waals surface area contributed by atoms with E-state index in [9.17, 15) is 19.2 Å². The van der Waals surface area contributed by atoms with Gasteiger partial charge in [-0.25, -0.2) is 9.59 Å². The summed E-state index contributed by atoms with van der Waals surface area (Å²) in [6.07, 6.45) is 2.57. The molecule has 2 aromatic rings. The van der Waals surface area contributed by atoms with E-state index in [0.717, 1.165) is 25.7 Å². The van der Waals surface area contributed by atoms with E-state index in [1.165, 1.54) is 19.1 Å². The SMILES string of the molecule is CCOc1ccc(C(=O)c2ccccc2C(=O)OC(C)C(=O)NC(=O)NC2CCCC2)cc1OCC. The van der Waals surface area contributed by atoms with Crippen LogP contribution in [0.3, 0.4) is 0 Å². The highest BCUT2D eigenvalue weighted by molar-refractivity contribution is 6.15. The van der Waals surface area contributed by atoms with Gasteiger partial charge in [0.2, 0.25) is 0 Å². The molecule has 2 aromatic carbocycles. The average Bonchev–Trinajstić information content (AvgIpc) is 3.37. The van der Waals surface area contributed by atoms with Crippen LogP contribution >= 0.6 is 0 Å². The molecule has 192 valence electrons. The molecule has 3 rings (SSSR count). The predicted molar refractivity (Wildman–Crippen MR) is 132 cm³/mol. The number of esters is 1. The number of carbonyl (C=O) groups is 4. The highest BCUT2D eigenvalue weighted by Crippen LogP contribution is 2.30. The zero-order valence-electron chi connectivity index (χ0n) is 20.8. The summed E-state index contributed by atoms with van der Waals surface area (Å²) in [5.74, 6) is -1.09. The number of imide groups is 1. The highest BCUT2D eigenvalue weighted by Gasteiger charge is 2.26. The molecular formula is C27H32N2O7. The van der Waals surface area contributed by atoms with Crippen molar-refractivity contribution >= 4 is 23.7 Å². The fourth-order valence-electron chi connectivity index (χ4n) is 3.99. The van der Waals surface area contributed by atoms with E-state index < -0.39 is 29.8 Å². The Morgan fingerprint density at radius 1 is 0.917 bits per heavy atom. The lowest BCUT2D eigenvalue weighted by molar-refractivity contribution is -0.127. The average molecular weight is 497 g/mol. The molecule has 9 nitrogen and oxygen atoms in total. The molecule has 36 heavy (non-hydrogen) atoms. The van der Waals surface area contributed by atoms with Crippen LogP contribution in [0.15, 0.2) is 42.5 Å². The molecule has 1 aliphatic carbocycles. The summed E-state index contributed by atoms with van der Waals surface area (Å²) in [4.78, 5) is 50.6. The summed E-state index contributed by atoms with van der Waals surface area (Å²) in [6, 6.07) is 10.4. The Hall–Kier alpha value is -3.88. The fourth-order valence-corrected chi connectivity index (χ4v) is 3.99. The minimum atomic E-state index is -1.25. The Balaban J connectivity index is 1.71. The number of rotatable bonds is 10. The van der Waals surface area contributed by atoms with Gasteiger partial charge in [0.05, 0.1) is 18.8 Å². The molecule has 0 aromatic heterocycles. The van der Waals surface area contributed by atoms with Crippen LogP contribution < -0.4 is 20.1 Å². The largest absolute Gasteiger partial charge is 0.490 e. The van der Waals surface area contributed by atoms with Crippen LogP contribution in [0.5, 0.6) is 11.5 Å². The second kappa shape index (κ2) is 12.7. The third kappa shape index (κ3) is 6.84. The molecule has 0 aliphatic heterocycles. The van der Waals surface area contributed by atoms with Crippen molar-refractivity contribution in [3.05, 3.63) is 59.2 Å². The molecule has 1 atom stereocenters. The summed E-state index contributed by atoms with van der Waals surface area (Å²) in [5, 5.41) is 4.94. The van der Waals surface area contributed by atoms with Gasteiger partial charge in [0.15, 0.2) is 23.4 Å². The maximum Gasteiger partial charge on any atom is 0.339 e. The van der Waals surface area contributed by atoms with Crippen molar-refractivity contribution in [3.8, 4) is 11.5 Å². The van der Waals surface area contributed by atoms with Gasteiger partial charge >= 0.3 is 12.0 Å². The second-order valence-electron chi connectivity index (χ2n) is 8.39. The number of urea groups is 1. The van der Waals surface area contributed by atoms with Crippen molar-refractivity contribution in [1.29, 1.82) is 0 Å². The molecule has 0 bridgehead atoms. The first-order valence-corrected chi connectivity index (χ1v) is 12.2. The molecule has 1 saturated carbocycles. The number of benzene rings is 2. The third-order valence-corrected chi connectivity index (χ3v) is 5.78. The smallest absolute Gasteiger partial charge is 0.339 e. The van der Waals surface area contributed by atoms with Gasteiger partial charge in [-0.15, -0.1) is 0 Å². The Kier molecular flexibility index (Phi) is 9.44. The molecule has 0 saturated heterocycles. The van der Waals surface area contributed by atoms with Crippen LogP contribution in [0.1, 0.15) is 72.7 Å². The fraction of sp³-hybridized carbons (Fsp3) is 0.407. The summed E-state index contributed by atoms with van der Waals surface area (Å²) < 4.78 is 16.4. The molecule has 1 aliphatic rings. The number of amides is 3. The maximum atomic E-state index is 13.3. The first-order chi connectivity index (χ1) is 17.3. The normalized spacial score (nSPS) is 14.0. The van der Waals surface area contributed by atoms with Gasteiger partial charge in [-0.1, -0.05) is 31.0 Å². The first kappa shape index (κ1) is 26.7. The first-order valence-electron chi connectivity index (χ1n) is 12.2. The number of nitrogens with one attached hydrogen (secondary N) is 2. The van der Waals surface area contributed by atoms with Gasteiger partial charge in [0.1, 0.15) is 0 Å². The Bertz CT molecular complexity index is 1110. The van der Waals surface area contributed by atoms with Crippen LogP contribution in [0, 0.1) is 0 Å². The predicted octanol–water partition coefficient (Wildman–Crippen LogP) is 4.03. The minimum Gasteiger partial charge on any atom is -0.490 e. The van der Waals surface area contributed by atoms with Crippen molar-refractivity contribution in [2.45, 2.75) is 58.6 Å². The molecule has 9 heteroatoms. The van der Waals surface area contributed by atoms with Crippen LogP contribution in [0.4, 0.5) is 4.79 Å². The lowest BCUT2D eigenvalue weighted by Gasteiger charge is -2.16. The topological polar surface area (TPSA) is 120 Å². The molecule has 0 spiro atoms. The zero-order valence-corrected chi connectivity index (χ0v) is 20.8. The maximum absolute atomic E-state index is 13.3. The van der Waals surface area contributed by atoms with Crippen LogP contribution in [0.25, 0.3) is 0 Å². The lowest BCUT2D eigenvalue weighted by Crippen LogP contribution is -2.47. The number of hydrogen-bond acceptors (Lipinski definition) is 7. The van der Waals surface area contributed by atoms with E-state index in [1.807, 2.05) is 13.8 Å². The van der Waals surface area contributed by atoms with Gasteiger partial charge in [-0.05, 0) is 57.9 Å². The molecule has 3 amide bonds. The quantitative estimate of drug-likeness (QED) is 0.376. The molecular weight excluding hydrogens is 464 g/mol. The monoisotopic (exact) mass is 496 g/mol. The number of ether oxygens (including phenoxy) is 3. The zero-order chi connectivity index (χ0) is 26.1. The van der Waals surface area contributed by atoms with Crippen molar-refractivity contribution in [1.82, 2.24) is 10.6 Å². The Morgan fingerprint density at radius 2 is 1.56 bits per heavy atom. The van der Waals surface area contributed by atoms with E-state index in [0.29, 0.717) is 30.3 Å². The van der Waals surface area contributed by atoms with Gasteiger partial charge in [-0.2, -0.15) is 0 Å². The van der Waals surface area contributed by atoms with E-state index in [-0.39, 0.29) is 17.2 Å².